The van der Waals surface area contributed by atoms with Crippen molar-refractivity contribution in [3.8, 4) is 0 Å². The molecule has 0 unspecified atom stereocenters. The van der Waals surface area contributed by atoms with Gasteiger partial charge < -0.3 is 5.73 Å². The zero-order valence-corrected chi connectivity index (χ0v) is 8.75. The molecule has 1 aromatic rings. The van der Waals surface area contributed by atoms with Crippen LogP contribution in [0.15, 0.2) is 12.1 Å². The highest BCUT2D eigenvalue weighted by Crippen LogP contribution is 2.12. The van der Waals surface area contributed by atoms with E-state index in [-0.39, 0.29) is 0 Å². The summed E-state index contributed by atoms with van der Waals surface area (Å²) in [6.07, 6.45) is 0. The summed E-state index contributed by atoms with van der Waals surface area (Å²) in [5.74, 6) is 0.613. The van der Waals surface area contributed by atoms with Crippen molar-refractivity contribution >= 4 is 51.0 Å². The van der Waals surface area contributed by atoms with Gasteiger partial charge in [-0.3, -0.25) is 0 Å². The molecule has 0 spiro atoms. The number of hydrogen-bond acceptors (Lipinski definition) is 2. The number of nitrogen functional groups attached to an aromatic ring is 1. The summed E-state index contributed by atoms with van der Waals surface area (Å²) in [5, 5.41) is 0. The Morgan fingerprint density at radius 3 is 2.44 bits per heavy atom. The molecule has 1 rings (SSSR count). The first-order valence-electron chi connectivity index (χ1n) is 2.27. The van der Waals surface area contributed by atoms with Crippen LogP contribution in [0.3, 0.4) is 0 Å². The molecule has 0 aliphatic carbocycles. The molecule has 4 heteroatoms. The minimum Gasteiger partial charge on any atom is -0.383 e. The zero-order valence-electron chi connectivity index (χ0n) is 4.44. The number of rotatable bonds is 0. The van der Waals surface area contributed by atoms with Crippen LogP contribution in [0.5, 0.6) is 0 Å². The first-order valence-corrected chi connectivity index (χ1v) is 4.43. The zero-order chi connectivity index (χ0) is 6.85. The van der Waals surface area contributed by atoms with Gasteiger partial charge in [-0.15, -0.1) is 0 Å². The summed E-state index contributed by atoms with van der Waals surface area (Å²) < 4.78 is 1.94. The van der Waals surface area contributed by atoms with Crippen molar-refractivity contribution in [2.45, 2.75) is 0 Å². The van der Waals surface area contributed by atoms with Crippen molar-refractivity contribution in [2.75, 3.05) is 5.73 Å². The SMILES string of the molecule is Nc1nc(I)ccc1I. The Balaban J connectivity index is 3.17. The number of pyridine rings is 1. The predicted molar refractivity (Wildman–Crippen MR) is 54.1 cm³/mol. The Bertz CT molecular complexity index is 224. The Hall–Kier alpha value is 0.410. The molecule has 1 heterocycles. The topological polar surface area (TPSA) is 38.9 Å². The molecule has 2 N–H and O–H groups in total. The van der Waals surface area contributed by atoms with Gasteiger partial charge in [0.15, 0.2) is 0 Å². The molecular formula is C5H4I2N2. The van der Waals surface area contributed by atoms with Crippen LogP contribution >= 0.6 is 45.2 Å². The minimum absolute atomic E-state index is 0.613. The summed E-state index contributed by atoms with van der Waals surface area (Å²) in [7, 11) is 0. The number of aromatic nitrogens is 1. The fourth-order valence-electron chi connectivity index (χ4n) is 0.433. The summed E-state index contributed by atoms with van der Waals surface area (Å²) in [4.78, 5) is 4.03. The lowest BCUT2D eigenvalue weighted by Gasteiger charge is -1.94. The second-order valence-corrected chi connectivity index (χ2v) is 3.77. The molecule has 2 nitrogen and oxygen atoms in total. The van der Waals surface area contributed by atoms with Gasteiger partial charge in [-0.25, -0.2) is 4.98 Å². The normalized spacial score (nSPS) is 9.56. The van der Waals surface area contributed by atoms with Crippen molar-refractivity contribution in [1.29, 1.82) is 0 Å². The van der Waals surface area contributed by atoms with E-state index in [4.69, 9.17) is 5.73 Å². The molecule has 0 fully saturated rings. The Kier molecular flexibility index (Phi) is 2.50. The maximum Gasteiger partial charge on any atom is 0.138 e. The first kappa shape index (κ1) is 7.52. The molecule has 48 valence electrons. The van der Waals surface area contributed by atoms with Crippen molar-refractivity contribution in [3.63, 3.8) is 0 Å². The van der Waals surface area contributed by atoms with Gasteiger partial charge in [-0.2, -0.15) is 0 Å². The van der Waals surface area contributed by atoms with Gasteiger partial charge in [0.1, 0.15) is 9.52 Å². The van der Waals surface area contributed by atoms with Gasteiger partial charge in [0.25, 0.3) is 0 Å². The molecule has 0 amide bonds. The third-order valence-electron chi connectivity index (χ3n) is 0.839. The van der Waals surface area contributed by atoms with Crippen molar-refractivity contribution in [1.82, 2.24) is 4.98 Å². The fourth-order valence-corrected chi connectivity index (χ4v) is 1.17. The van der Waals surface area contributed by atoms with E-state index in [1.54, 1.807) is 0 Å². The molecule has 0 aliphatic heterocycles. The number of anilines is 1. The molecule has 0 radical (unpaired) electrons. The van der Waals surface area contributed by atoms with Gasteiger partial charge in [0, 0.05) is 0 Å². The molecule has 0 atom stereocenters. The van der Waals surface area contributed by atoms with Gasteiger partial charge >= 0.3 is 0 Å². The lowest BCUT2D eigenvalue weighted by atomic mass is 10.5. The highest BCUT2D eigenvalue weighted by atomic mass is 127. The van der Waals surface area contributed by atoms with E-state index < -0.39 is 0 Å². The Morgan fingerprint density at radius 1 is 1.33 bits per heavy atom. The second kappa shape index (κ2) is 3.00. The smallest absolute Gasteiger partial charge is 0.138 e. The Labute approximate surface area is 80.5 Å². The fraction of sp³-hybridized carbons (Fsp3) is 0. The predicted octanol–water partition coefficient (Wildman–Crippen LogP) is 1.87. The van der Waals surface area contributed by atoms with Crippen LogP contribution in [0.1, 0.15) is 0 Å². The molecule has 0 aromatic carbocycles. The lowest BCUT2D eigenvalue weighted by Crippen LogP contribution is -1.94. The van der Waals surface area contributed by atoms with E-state index in [2.05, 4.69) is 50.2 Å². The number of nitrogens with two attached hydrogens (primary N) is 1. The van der Waals surface area contributed by atoms with E-state index in [1.807, 2.05) is 12.1 Å². The number of hydrogen-bond donors (Lipinski definition) is 1. The van der Waals surface area contributed by atoms with Crippen LogP contribution in [-0.2, 0) is 0 Å². The number of halogens is 2. The van der Waals surface area contributed by atoms with Crippen LogP contribution in [-0.4, -0.2) is 4.98 Å². The average molecular weight is 346 g/mol. The van der Waals surface area contributed by atoms with Crippen LogP contribution in [0.4, 0.5) is 5.82 Å². The van der Waals surface area contributed by atoms with Gasteiger partial charge in [-0.05, 0) is 57.3 Å². The van der Waals surface area contributed by atoms with Crippen molar-refractivity contribution in [3.05, 3.63) is 19.4 Å². The quantitative estimate of drug-likeness (QED) is 0.576. The van der Waals surface area contributed by atoms with Crippen LogP contribution in [0.25, 0.3) is 0 Å². The molecule has 0 saturated carbocycles. The minimum atomic E-state index is 0.613. The highest BCUT2D eigenvalue weighted by molar-refractivity contribution is 14.1. The summed E-state index contributed by atoms with van der Waals surface area (Å²) in [6.45, 7) is 0. The van der Waals surface area contributed by atoms with Crippen LogP contribution in [0, 0.1) is 7.27 Å². The van der Waals surface area contributed by atoms with E-state index in [1.165, 1.54) is 0 Å². The van der Waals surface area contributed by atoms with Gasteiger partial charge in [0.05, 0.1) is 3.57 Å². The molecule has 9 heavy (non-hydrogen) atoms. The van der Waals surface area contributed by atoms with E-state index in [0.29, 0.717) is 5.82 Å². The number of nitrogens with zero attached hydrogens (tertiary/aromatic N) is 1. The molecule has 0 aliphatic rings. The third kappa shape index (κ3) is 1.92. The van der Waals surface area contributed by atoms with Crippen LogP contribution < -0.4 is 5.73 Å². The maximum absolute atomic E-state index is 5.50. The van der Waals surface area contributed by atoms with Gasteiger partial charge in [-0.1, -0.05) is 0 Å². The van der Waals surface area contributed by atoms with Crippen molar-refractivity contribution < 1.29 is 0 Å². The second-order valence-electron chi connectivity index (χ2n) is 1.50. The highest BCUT2D eigenvalue weighted by Gasteiger charge is 1.94. The standard InChI is InChI=1S/C5H4I2N2/c6-3-1-2-4(7)9-5(3)8/h1-2H,(H2,8,9). The monoisotopic (exact) mass is 346 g/mol. The summed E-state index contributed by atoms with van der Waals surface area (Å²) >= 11 is 4.28. The first-order chi connectivity index (χ1) is 4.20. The van der Waals surface area contributed by atoms with E-state index in [9.17, 15) is 0 Å². The third-order valence-corrected chi connectivity index (χ3v) is 2.35. The molecule has 0 bridgehead atoms. The van der Waals surface area contributed by atoms with Gasteiger partial charge in [0.2, 0.25) is 0 Å². The van der Waals surface area contributed by atoms with E-state index in [0.717, 1.165) is 7.27 Å². The summed E-state index contributed by atoms with van der Waals surface area (Å²) in [6, 6.07) is 3.88. The van der Waals surface area contributed by atoms with Crippen LogP contribution in [0.2, 0.25) is 0 Å². The maximum atomic E-state index is 5.50. The molecular weight excluding hydrogens is 342 g/mol. The largest absolute Gasteiger partial charge is 0.383 e. The average Bonchev–Trinajstić information content (AvgIpc) is 1.80. The lowest BCUT2D eigenvalue weighted by molar-refractivity contribution is 1.27. The Morgan fingerprint density at radius 2 is 2.00 bits per heavy atom. The molecule has 0 saturated heterocycles. The van der Waals surface area contributed by atoms with Crippen molar-refractivity contribution in [2.24, 2.45) is 0 Å². The van der Waals surface area contributed by atoms with E-state index >= 15 is 0 Å². The molecule has 1 aromatic heterocycles. The summed E-state index contributed by atoms with van der Waals surface area (Å²) in [5.41, 5.74) is 5.50.